The molecule has 0 fully saturated rings. The van der Waals surface area contributed by atoms with Crippen molar-refractivity contribution in [2.24, 2.45) is 0 Å². The van der Waals surface area contributed by atoms with E-state index in [9.17, 15) is 4.79 Å². The van der Waals surface area contributed by atoms with Gasteiger partial charge in [-0.25, -0.2) is 4.79 Å². The van der Waals surface area contributed by atoms with Gasteiger partial charge in [-0.05, 0) is 27.2 Å². The van der Waals surface area contributed by atoms with E-state index in [4.69, 9.17) is 14.2 Å². The monoisotopic (exact) mass is 218 g/mol. The van der Waals surface area contributed by atoms with Gasteiger partial charge in [0.2, 0.25) is 0 Å². The number of hydrogen-bond acceptors (Lipinski definition) is 4. The van der Waals surface area contributed by atoms with E-state index in [1.54, 1.807) is 7.11 Å². The summed E-state index contributed by atoms with van der Waals surface area (Å²) in [6.45, 7) is 8.31. The number of rotatable bonds is 6. The van der Waals surface area contributed by atoms with Gasteiger partial charge < -0.3 is 14.2 Å². The van der Waals surface area contributed by atoms with Gasteiger partial charge in [0.15, 0.2) is 6.10 Å². The van der Waals surface area contributed by atoms with Gasteiger partial charge in [0, 0.05) is 7.11 Å². The van der Waals surface area contributed by atoms with Crippen LogP contribution in [0.2, 0.25) is 0 Å². The summed E-state index contributed by atoms with van der Waals surface area (Å²) in [5.74, 6) is -0.305. The summed E-state index contributed by atoms with van der Waals surface area (Å²) in [5, 5.41) is 0. The first kappa shape index (κ1) is 14.4. The summed E-state index contributed by atoms with van der Waals surface area (Å²) < 4.78 is 15.4. The van der Waals surface area contributed by atoms with Crippen molar-refractivity contribution in [3.63, 3.8) is 0 Å². The lowest BCUT2D eigenvalue weighted by Crippen LogP contribution is -2.33. The number of carbonyl (C=O) groups excluding carboxylic acids is 1. The minimum absolute atomic E-state index is 0.305. The molecule has 0 aliphatic rings. The van der Waals surface area contributed by atoms with Crippen molar-refractivity contribution in [3.05, 3.63) is 0 Å². The van der Waals surface area contributed by atoms with Gasteiger partial charge in [-0.3, -0.25) is 0 Å². The van der Waals surface area contributed by atoms with Crippen LogP contribution in [0.15, 0.2) is 0 Å². The maximum atomic E-state index is 11.6. The Balaban J connectivity index is 3.99. The third-order valence-corrected chi connectivity index (χ3v) is 1.65. The van der Waals surface area contributed by atoms with Crippen molar-refractivity contribution in [2.45, 2.75) is 45.8 Å². The molecule has 0 spiro atoms. The van der Waals surface area contributed by atoms with Gasteiger partial charge in [0.1, 0.15) is 5.60 Å². The predicted molar refractivity (Wildman–Crippen MR) is 57.8 cm³/mol. The Morgan fingerprint density at radius 1 is 1.27 bits per heavy atom. The third-order valence-electron chi connectivity index (χ3n) is 1.65. The van der Waals surface area contributed by atoms with Crippen LogP contribution in [-0.4, -0.2) is 38.0 Å². The van der Waals surface area contributed by atoms with Gasteiger partial charge in [-0.1, -0.05) is 6.92 Å². The highest BCUT2D eigenvalue weighted by molar-refractivity contribution is 5.75. The summed E-state index contributed by atoms with van der Waals surface area (Å²) in [6.07, 6.45) is 0.123. The first-order valence-corrected chi connectivity index (χ1v) is 5.24. The number of hydrogen-bond donors (Lipinski definition) is 0. The molecule has 0 radical (unpaired) electrons. The van der Waals surface area contributed by atoms with E-state index in [1.807, 2.05) is 27.7 Å². The summed E-state index contributed by atoms with van der Waals surface area (Å²) in [6, 6.07) is 0. The zero-order valence-corrected chi connectivity index (χ0v) is 10.3. The van der Waals surface area contributed by atoms with Crippen LogP contribution in [0.25, 0.3) is 0 Å². The van der Waals surface area contributed by atoms with Crippen molar-refractivity contribution in [1.82, 2.24) is 0 Å². The fourth-order valence-electron chi connectivity index (χ4n) is 0.994. The number of methoxy groups -OCH3 is 1. The Morgan fingerprint density at radius 2 is 1.87 bits per heavy atom. The van der Waals surface area contributed by atoms with Crippen molar-refractivity contribution in [1.29, 1.82) is 0 Å². The maximum absolute atomic E-state index is 11.6. The molecule has 0 N–H and O–H groups in total. The minimum Gasteiger partial charge on any atom is -0.458 e. The van der Waals surface area contributed by atoms with Crippen LogP contribution in [0, 0.1) is 0 Å². The Bertz CT molecular complexity index is 184. The fourth-order valence-corrected chi connectivity index (χ4v) is 0.994. The number of ether oxygens (including phenoxy) is 3. The zero-order valence-electron chi connectivity index (χ0n) is 10.3. The highest BCUT2D eigenvalue weighted by Crippen LogP contribution is 2.11. The molecule has 0 aliphatic heterocycles. The second-order valence-corrected chi connectivity index (χ2v) is 4.29. The molecule has 0 aromatic heterocycles. The molecule has 1 unspecified atom stereocenters. The highest BCUT2D eigenvalue weighted by Gasteiger charge is 2.24. The minimum atomic E-state index is -0.487. The standard InChI is InChI=1S/C11H22O4/c1-6-9(14-8-7-13-5)10(12)15-11(2,3)4/h9H,6-8H2,1-5H3. The molecule has 0 aromatic carbocycles. The maximum Gasteiger partial charge on any atom is 0.335 e. The molecule has 4 heteroatoms. The Morgan fingerprint density at radius 3 is 2.27 bits per heavy atom. The summed E-state index contributed by atoms with van der Waals surface area (Å²) in [4.78, 5) is 11.6. The fraction of sp³-hybridized carbons (Fsp3) is 0.909. The van der Waals surface area contributed by atoms with Gasteiger partial charge in [-0.2, -0.15) is 0 Å². The van der Waals surface area contributed by atoms with Crippen LogP contribution >= 0.6 is 0 Å². The van der Waals surface area contributed by atoms with Crippen LogP contribution in [0.4, 0.5) is 0 Å². The van der Waals surface area contributed by atoms with Gasteiger partial charge in [0.25, 0.3) is 0 Å². The quantitative estimate of drug-likeness (QED) is 0.503. The van der Waals surface area contributed by atoms with E-state index >= 15 is 0 Å². The zero-order chi connectivity index (χ0) is 11.9. The predicted octanol–water partition coefficient (Wildman–Crippen LogP) is 1.77. The van der Waals surface area contributed by atoms with E-state index in [0.29, 0.717) is 19.6 Å². The molecule has 0 amide bonds. The van der Waals surface area contributed by atoms with E-state index in [-0.39, 0.29) is 5.97 Å². The van der Waals surface area contributed by atoms with Gasteiger partial charge in [-0.15, -0.1) is 0 Å². The molecule has 0 saturated carbocycles. The Hall–Kier alpha value is -0.610. The molecular weight excluding hydrogens is 196 g/mol. The first-order valence-electron chi connectivity index (χ1n) is 5.24. The molecule has 0 aromatic rings. The van der Waals surface area contributed by atoms with Crippen molar-refractivity contribution >= 4 is 5.97 Å². The molecule has 0 saturated heterocycles. The molecular formula is C11H22O4. The topological polar surface area (TPSA) is 44.8 Å². The van der Waals surface area contributed by atoms with Crippen molar-refractivity contribution in [2.75, 3.05) is 20.3 Å². The molecule has 90 valence electrons. The molecule has 0 rings (SSSR count). The second kappa shape index (κ2) is 6.80. The van der Waals surface area contributed by atoms with Crippen LogP contribution in [0.3, 0.4) is 0 Å². The van der Waals surface area contributed by atoms with E-state index in [0.717, 1.165) is 0 Å². The Kier molecular flexibility index (Phi) is 6.52. The molecule has 0 heterocycles. The number of carbonyl (C=O) groups is 1. The van der Waals surface area contributed by atoms with Gasteiger partial charge >= 0.3 is 5.97 Å². The van der Waals surface area contributed by atoms with Crippen LogP contribution in [-0.2, 0) is 19.0 Å². The molecule has 4 nitrogen and oxygen atoms in total. The molecule has 1 atom stereocenters. The average Bonchev–Trinajstić information content (AvgIpc) is 2.09. The highest BCUT2D eigenvalue weighted by atomic mass is 16.6. The van der Waals surface area contributed by atoms with Crippen LogP contribution in [0.1, 0.15) is 34.1 Å². The lowest BCUT2D eigenvalue weighted by molar-refractivity contribution is -0.169. The average molecular weight is 218 g/mol. The molecule has 0 bridgehead atoms. The summed E-state index contributed by atoms with van der Waals surface area (Å²) >= 11 is 0. The van der Waals surface area contributed by atoms with E-state index in [1.165, 1.54) is 0 Å². The summed E-state index contributed by atoms with van der Waals surface area (Å²) in [5.41, 5.74) is -0.463. The van der Waals surface area contributed by atoms with E-state index < -0.39 is 11.7 Å². The first-order chi connectivity index (χ1) is 6.90. The molecule has 0 aliphatic carbocycles. The van der Waals surface area contributed by atoms with Crippen LogP contribution in [0.5, 0.6) is 0 Å². The van der Waals surface area contributed by atoms with E-state index in [2.05, 4.69) is 0 Å². The number of esters is 1. The largest absolute Gasteiger partial charge is 0.458 e. The van der Waals surface area contributed by atoms with Crippen LogP contribution < -0.4 is 0 Å². The van der Waals surface area contributed by atoms with Crippen molar-refractivity contribution < 1.29 is 19.0 Å². The smallest absolute Gasteiger partial charge is 0.335 e. The summed E-state index contributed by atoms with van der Waals surface area (Å²) in [7, 11) is 1.60. The normalized spacial score (nSPS) is 13.7. The lowest BCUT2D eigenvalue weighted by Gasteiger charge is -2.23. The molecule has 15 heavy (non-hydrogen) atoms. The lowest BCUT2D eigenvalue weighted by atomic mass is 10.2. The Labute approximate surface area is 91.9 Å². The second-order valence-electron chi connectivity index (χ2n) is 4.29. The SMILES string of the molecule is CCC(OCCOC)C(=O)OC(C)(C)C. The van der Waals surface area contributed by atoms with Crippen molar-refractivity contribution in [3.8, 4) is 0 Å². The van der Waals surface area contributed by atoms with Gasteiger partial charge in [0.05, 0.1) is 13.2 Å². The third kappa shape index (κ3) is 7.33.